The molecule has 5 heteroatoms. The van der Waals surface area contributed by atoms with E-state index in [0.29, 0.717) is 10.6 Å². The predicted octanol–water partition coefficient (Wildman–Crippen LogP) is 4.59. The van der Waals surface area contributed by atoms with Crippen molar-refractivity contribution in [1.82, 2.24) is 5.32 Å². The Bertz CT molecular complexity index is 713. The van der Waals surface area contributed by atoms with Crippen molar-refractivity contribution in [3.8, 4) is 0 Å². The van der Waals surface area contributed by atoms with Gasteiger partial charge in [-0.25, -0.2) is 4.39 Å². The fourth-order valence-corrected chi connectivity index (χ4v) is 3.10. The van der Waals surface area contributed by atoms with Gasteiger partial charge in [-0.15, -0.1) is 0 Å². The molecule has 0 bridgehead atoms. The molecule has 1 aliphatic rings. The highest BCUT2D eigenvalue weighted by atomic mass is 79.9. The molecule has 0 saturated heterocycles. The average Bonchev–Trinajstić information content (AvgIpc) is 3.30. The highest BCUT2D eigenvalue weighted by molar-refractivity contribution is 9.10. The van der Waals surface area contributed by atoms with Gasteiger partial charge in [-0.2, -0.15) is 0 Å². The maximum absolute atomic E-state index is 13.7. The molecule has 1 N–H and O–H groups in total. The molecular formula is C17H14BrClFNO. The van der Waals surface area contributed by atoms with E-state index in [2.05, 4.69) is 21.2 Å². The number of nitrogens with one attached hydrogen (secondary N) is 1. The lowest BCUT2D eigenvalue weighted by molar-refractivity contribution is -0.123. The fraction of sp³-hybridized carbons (Fsp3) is 0.235. The number of benzene rings is 2. The highest BCUT2D eigenvalue weighted by Gasteiger charge is 2.51. The topological polar surface area (TPSA) is 29.1 Å². The molecule has 2 nitrogen and oxygen atoms in total. The Morgan fingerprint density at radius 2 is 1.91 bits per heavy atom. The fourth-order valence-electron chi connectivity index (χ4n) is 2.56. The van der Waals surface area contributed by atoms with E-state index >= 15 is 0 Å². The molecule has 114 valence electrons. The molecule has 3 rings (SSSR count). The smallest absolute Gasteiger partial charge is 0.230 e. The van der Waals surface area contributed by atoms with E-state index in [1.165, 1.54) is 6.07 Å². The normalized spacial score (nSPS) is 15.4. The molecule has 1 saturated carbocycles. The van der Waals surface area contributed by atoms with E-state index in [4.69, 9.17) is 11.6 Å². The minimum Gasteiger partial charge on any atom is -0.351 e. The van der Waals surface area contributed by atoms with Crippen LogP contribution in [-0.2, 0) is 16.8 Å². The van der Waals surface area contributed by atoms with Gasteiger partial charge in [0.25, 0.3) is 0 Å². The Labute approximate surface area is 141 Å². The van der Waals surface area contributed by atoms with Gasteiger partial charge in [0.05, 0.1) is 5.41 Å². The predicted molar refractivity (Wildman–Crippen MR) is 88.3 cm³/mol. The Morgan fingerprint density at radius 1 is 1.23 bits per heavy atom. The van der Waals surface area contributed by atoms with Crippen molar-refractivity contribution < 1.29 is 9.18 Å². The van der Waals surface area contributed by atoms with Gasteiger partial charge in [-0.1, -0.05) is 39.7 Å². The third-order valence-electron chi connectivity index (χ3n) is 4.03. The third kappa shape index (κ3) is 3.03. The molecule has 2 aromatic carbocycles. The van der Waals surface area contributed by atoms with Crippen molar-refractivity contribution in [3.63, 3.8) is 0 Å². The van der Waals surface area contributed by atoms with Crippen molar-refractivity contribution in [2.24, 2.45) is 0 Å². The number of hydrogen-bond acceptors (Lipinski definition) is 1. The van der Waals surface area contributed by atoms with Gasteiger partial charge in [0.2, 0.25) is 5.91 Å². The van der Waals surface area contributed by atoms with Crippen molar-refractivity contribution >= 4 is 33.4 Å². The average molecular weight is 383 g/mol. The van der Waals surface area contributed by atoms with Crippen LogP contribution in [0, 0.1) is 5.82 Å². The molecule has 2 aromatic rings. The largest absolute Gasteiger partial charge is 0.351 e. The van der Waals surface area contributed by atoms with Crippen molar-refractivity contribution in [3.05, 3.63) is 68.9 Å². The van der Waals surface area contributed by atoms with Crippen LogP contribution in [0.15, 0.2) is 46.9 Å². The van der Waals surface area contributed by atoms with Gasteiger partial charge in [-0.3, -0.25) is 4.79 Å². The van der Waals surface area contributed by atoms with E-state index in [1.807, 2.05) is 12.1 Å². The van der Waals surface area contributed by atoms with E-state index in [9.17, 15) is 9.18 Å². The summed E-state index contributed by atoms with van der Waals surface area (Å²) in [6, 6.07) is 12.0. The van der Waals surface area contributed by atoms with Crippen LogP contribution in [0.1, 0.15) is 24.0 Å². The SMILES string of the molecule is O=C(NCc1cc(Br)ccc1F)C1(c2ccc(Cl)cc2)CC1. The number of carbonyl (C=O) groups excluding carboxylic acids is 1. The first kappa shape index (κ1) is 15.5. The summed E-state index contributed by atoms with van der Waals surface area (Å²) in [5.41, 5.74) is 0.950. The summed E-state index contributed by atoms with van der Waals surface area (Å²) in [6.45, 7) is 0.180. The third-order valence-corrected chi connectivity index (χ3v) is 4.77. The number of carbonyl (C=O) groups is 1. The summed E-state index contributed by atoms with van der Waals surface area (Å²) in [6.07, 6.45) is 1.61. The lowest BCUT2D eigenvalue weighted by Gasteiger charge is -2.16. The molecule has 22 heavy (non-hydrogen) atoms. The molecular weight excluding hydrogens is 369 g/mol. The zero-order valence-corrected chi connectivity index (χ0v) is 14.0. The molecule has 1 fully saturated rings. The van der Waals surface area contributed by atoms with Crippen molar-refractivity contribution in [1.29, 1.82) is 0 Å². The first-order chi connectivity index (χ1) is 10.5. The summed E-state index contributed by atoms with van der Waals surface area (Å²) in [4.78, 5) is 12.5. The monoisotopic (exact) mass is 381 g/mol. The van der Waals surface area contributed by atoms with Gasteiger partial charge < -0.3 is 5.32 Å². The maximum atomic E-state index is 13.7. The Kier molecular flexibility index (Phi) is 4.24. The van der Waals surface area contributed by atoms with Crippen LogP contribution in [0.5, 0.6) is 0 Å². The van der Waals surface area contributed by atoms with Gasteiger partial charge >= 0.3 is 0 Å². The van der Waals surface area contributed by atoms with Crippen LogP contribution in [0.3, 0.4) is 0 Å². The molecule has 0 atom stereocenters. The van der Waals surface area contributed by atoms with Crippen LogP contribution < -0.4 is 5.32 Å². The van der Waals surface area contributed by atoms with Crippen LogP contribution in [0.2, 0.25) is 5.02 Å². The first-order valence-corrected chi connectivity index (χ1v) is 8.17. The minimum atomic E-state index is -0.479. The zero-order valence-electron chi connectivity index (χ0n) is 11.7. The summed E-state index contributed by atoms with van der Waals surface area (Å²) in [5, 5.41) is 3.50. The number of amides is 1. The van der Waals surface area contributed by atoms with Gasteiger partial charge in [-0.05, 0) is 48.7 Å². The zero-order chi connectivity index (χ0) is 15.7. The second kappa shape index (κ2) is 6.01. The van der Waals surface area contributed by atoms with E-state index in [0.717, 1.165) is 22.9 Å². The van der Waals surface area contributed by atoms with Crippen LogP contribution in [0.25, 0.3) is 0 Å². The number of hydrogen-bond donors (Lipinski definition) is 1. The second-order valence-electron chi connectivity index (χ2n) is 5.51. The standard InChI is InChI=1S/C17H14BrClFNO/c18-13-3-6-15(20)11(9-13)10-21-16(22)17(7-8-17)12-1-4-14(19)5-2-12/h1-6,9H,7-8,10H2,(H,21,22). The molecule has 0 heterocycles. The Balaban J connectivity index is 1.72. The summed E-state index contributed by atoms with van der Waals surface area (Å²) in [5.74, 6) is -0.381. The molecule has 0 aliphatic heterocycles. The molecule has 0 aromatic heterocycles. The molecule has 1 aliphatic carbocycles. The number of halogens is 3. The van der Waals surface area contributed by atoms with E-state index in [-0.39, 0.29) is 18.3 Å². The van der Waals surface area contributed by atoms with Gasteiger partial charge in [0.15, 0.2) is 0 Å². The maximum Gasteiger partial charge on any atom is 0.230 e. The molecule has 0 spiro atoms. The summed E-state index contributed by atoms with van der Waals surface area (Å²) in [7, 11) is 0. The lowest BCUT2D eigenvalue weighted by Crippen LogP contribution is -2.34. The van der Waals surface area contributed by atoms with Crippen LogP contribution in [-0.4, -0.2) is 5.91 Å². The Morgan fingerprint density at radius 3 is 2.55 bits per heavy atom. The van der Waals surface area contributed by atoms with Crippen LogP contribution in [0.4, 0.5) is 4.39 Å². The first-order valence-electron chi connectivity index (χ1n) is 6.99. The molecule has 1 amide bonds. The van der Waals surface area contributed by atoms with Gasteiger partial charge in [0, 0.05) is 21.6 Å². The molecule has 0 radical (unpaired) electrons. The highest BCUT2D eigenvalue weighted by Crippen LogP contribution is 2.48. The van der Waals surface area contributed by atoms with Crippen LogP contribution >= 0.6 is 27.5 Å². The van der Waals surface area contributed by atoms with E-state index < -0.39 is 5.41 Å². The lowest BCUT2D eigenvalue weighted by atomic mass is 9.95. The summed E-state index contributed by atoms with van der Waals surface area (Å²) >= 11 is 9.20. The molecule has 0 unspecified atom stereocenters. The van der Waals surface area contributed by atoms with Gasteiger partial charge in [0.1, 0.15) is 5.82 Å². The minimum absolute atomic E-state index is 0.0609. The second-order valence-corrected chi connectivity index (χ2v) is 6.86. The van der Waals surface area contributed by atoms with Crippen molar-refractivity contribution in [2.45, 2.75) is 24.8 Å². The van der Waals surface area contributed by atoms with E-state index in [1.54, 1.807) is 24.3 Å². The quantitative estimate of drug-likeness (QED) is 0.823. The van der Waals surface area contributed by atoms with Crippen molar-refractivity contribution in [2.75, 3.05) is 0 Å². The number of rotatable bonds is 4. The summed E-state index contributed by atoms with van der Waals surface area (Å²) < 4.78 is 14.5. The Hall–Kier alpha value is -1.39.